The molecule has 0 aliphatic carbocycles. The summed E-state index contributed by atoms with van der Waals surface area (Å²) in [7, 11) is 1.54. The van der Waals surface area contributed by atoms with Gasteiger partial charge in [0.2, 0.25) is 0 Å². The van der Waals surface area contributed by atoms with Crippen LogP contribution in [-0.4, -0.2) is 45.3 Å². The van der Waals surface area contributed by atoms with Crippen LogP contribution in [0, 0.1) is 0 Å². The van der Waals surface area contributed by atoms with Gasteiger partial charge in [-0.1, -0.05) is 91.0 Å². The first kappa shape index (κ1) is 26.4. The zero-order valence-corrected chi connectivity index (χ0v) is 26.1. The molecule has 0 amide bonds. The Bertz CT molecular complexity index is 1850. The second-order valence-electron chi connectivity index (χ2n) is 11.9. The van der Waals surface area contributed by atoms with Gasteiger partial charge in [-0.05, 0) is 57.1 Å². The molecular formula is C38H35N5Si. The van der Waals surface area contributed by atoms with Gasteiger partial charge in [-0.2, -0.15) is 0 Å². The maximum absolute atomic E-state index is 2.69. The number of para-hydroxylation sites is 1. The average Bonchev–Trinajstić information content (AvgIpc) is 3.72. The molecule has 44 heavy (non-hydrogen) atoms. The molecule has 8 rings (SSSR count). The van der Waals surface area contributed by atoms with Crippen molar-refractivity contribution in [1.82, 2.24) is 9.80 Å². The Morgan fingerprint density at radius 3 is 1.61 bits per heavy atom. The Morgan fingerprint density at radius 1 is 0.455 bits per heavy atom. The van der Waals surface area contributed by atoms with Gasteiger partial charge in [-0.15, -0.1) is 0 Å². The molecule has 5 aromatic rings. The van der Waals surface area contributed by atoms with Gasteiger partial charge in [0.05, 0.1) is 13.3 Å². The summed E-state index contributed by atoms with van der Waals surface area (Å²) in [4.78, 5) is 11.5. The zero-order valence-electron chi connectivity index (χ0n) is 25.1. The van der Waals surface area contributed by atoms with Crippen molar-refractivity contribution >= 4 is 57.3 Å². The Kier molecular flexibility index (Phi) is 6.31. The van der Waals surface area contributed by atoms with Crippen LogP contribution in [0.1, 0.15) is 0 Å². The van der Waals surface area contributed by atoms with Crippen LogP contribution in [0.25, 0.3) is 0 Å². The molecule has 0 bridgehead atoms. The van der Waals surface area contributed by atoms with Crippen LogP contribution in [0.5, 0.6) is 0 Å². The fourth-order valence-corrected chi connectivity index (χ4v) is 12.2. The molecule has 0 N–H and O–H groups in total. The predicted octanol–water partition coefficient (Wildman–Crippen LogP) is 5.21. The number of rotatable bonds is 5. The first-order chi connectivity index (χ1) is 21.6. The summed E-state index contributed by atoms with van der Waals surface area (Å²) in [5, 5.41) is 5.60. The van der Waals surface area contributed by atoms with Gasteiger partial charge in [0, 0.05) is 67.3 Å². The molecule has 5 nitrogen and oxygen atoms in total. The highest BCUT2D eigenvalue weighted by Crippen LogP contribution is 2.41. The van der Waals surface area contributed by atoms with E-state index in [0.717, 1.165) is 19.0 Å². The van der Waals surface area contributed by atoms with E-state index in [1.807, 2.05) is 0 Å². The molecule has 0 saturated heterocycles. The molecule has 6 heteroatoms. The van der Waals surface area contributed by atoms with E-state index in [9.17, 15) is 0 Å². The van der Waals surface area contributed by atoms with E-state index in [-0.39, 0.29) is 0 Å². The normalized spacial score (nSPS) is 16.5. The third kappa shape index (κ3) is 4.13. The Labute approximate surface area is 260 Å². The molecule has 3 aliphatic rings. The quantitative estimate of drug-likeness (QED) is 0.256. The summed E-state index contributed by atoms with van der Waals surface area (Å²) in [6.07, 6.45) is 8.61. The van der Waals surface area contributed by atoms with Crippen LogP contribution in [0.4, 0.5) is 28.4 Å². The van der Waals surface area contributed by atoms with Gasteiger partial charge in [0.1, 0.15) is 0 Å². The van der Waals surface area contributed by atoms with Gasteiger partial charge in [-0.25, -0.2) is 0 Å². The predicted molar refractivity (Wildman–Crippen MR) is 187 cm³/mol. The second kappa shape index (κ2) is 10.5. The molecule has 3 heterocycles. The van der Waals surface area contributed by atoms with E-state index in [1.165, 1.54) is 43.5 Å². The molecule has 0 atom stereocenters. The first-order valence-electron chi connectivity index (χ1n) is 15.2. The Hall–Kier alpha value is -5.20. The summed E-state index contributed by atoms with van der Waals surface area (Å²) in [6, 6.07) is 47.7. The molecule has 5 aromatic carbocycles. The number of benzene rings is 5. The number of hydrogen-bond acceptors (Lipinski definition) is 5. The Morgan fingerprint density at radius 2 is 1.00 bits per heavy atom. The topological polar surface area (TPSA) is 16.2 Å². The lowest BCUT2D eigenvalue weighted by atomic mass is 10.1. The van der Waals surface area contributed by atoms with Crippen LogP contribution in [-0.2, 0) is 0 Å². The summed E-state index contributed by atoms with van der Waals surface area (Å²) >= 11 is 0. The van der Waals surface area contributed by atoms with E-state index >= 15 is 0 Å². The number of fused-ring (bicyclic) bond motifs is 2. The van der Waals surface area contributed by atoms with Gasteiger partial charge in [0.25, 0.3) is 0 Å². The molecule has 0 fully saturated rings. The van der Waals surface area contributed by atoms with E-state index < -0.39 is 8.07 Å². The lowest BCUT2D eigenvalue weighted by Crippen LogP contribution is -2.77. The number of nitrogens with zero attached hydrogens (tertiary/aromatic N) is 5. The van der Waals surface area contributed by atoms with Gasteiger partial charge < -0.3 is 24.5 Å². The highest BCUT2D eigenvalue weighted by molar-refractivity contribution is 7.21. The van der Waals surface area contributed by atoms with Gasteiger partial charge >= 0.3 is 0 Å². The zero-order chi connectivity index (χ0) is 29.7. The third-order valence-electron chi connectivity index (χ3n) is 9.09. The summed E-state index contributed by atoms with van der Waals surface area (Å²) < 4.78 is 0. The van der Waals surface area contributed by atoms with Crippen molar-refractivity contribution in [2.24, 2.45) is 0 Å². The summed E-state index contributed by atoms with van der Waals surface area (Å²) in [5.74, 6) is 0. The minimum Gasteiger partial charge on any atom is -0.361 e. The Balaban J connectivity index is 1.42. The van der Waals surface area contributed by atoms with E-state index in [4.69, 9.17) is 0 Å². The van der Waals surface area contributed by atoms with Crippen molar-refractivity contribution in [2.75, 3.05) is 42.1 Å². The third-order valence-corrected chi connectivity index (χ3v) is 14.0. The fraction of sp³-hybridized carbons (Fsp3) is 0.105. The van der Waals surface area contributed by atoms with Crippen molar-refractivity contribution in [2.45, 2.75) is 0 Å². The van der Waals surface area contributed by atoms with Crippen molar-refractivity contribution in [3.8, 4) is 0 Å². The lowest BCUT2D eigenvalue weighted by Gasteiger charge is -2.45. The lowest BCUT2D eigenvalue weighted by molar-refractivity contribution is 0.496. The SMILES string of the molecule is CN1C=CN(c2cccc(N3c4ccccc4[Si](c4ccccc4)(c4ccccc4)c4ccc(N5C=CN(C)C5)cc43)c2)C1. The smallest absolute Gasteiger partial charge is 0.184 e. The maximum atomic E-state index is 2.50. The monoisotopic (exact) mass is 589 g/mol. The van der Waals surface area contributed by atoms with Gasteiger partial charge in [0.15, 0.2) is 8.07 Å². The van der Waals surface area contributed by atoms with E-state index in [0.29, 0.717) is 0 Å². The molecule has 0 aromatic heterocycles. The molecule has 3 aliphatic heterocycles. The van der Waals surface area contributed by atoms with Crippen molar-refractivity contribution in [1.29, 1.82) is 0 Å². The second-order valence-corrected chi connectivity index (χ2v) is 15.6. The minimum absolute atomic E-state index is 0.833. The maximum Gasteiger partial charge on any atom is 0.184 e. The first-order valence-corrected chi connectivity index (χ1v) is 17.2. The molecule has 0 unspecified atom stereocenters. The molecule has 216 valence electrons. The molecule has 0 radical (unpaired) electrons. The minimum atomic E-state index is -2.69. The van der Waals surface area contributed by atoms with E-state index in [1.54, 1.807) is 0 Å². The molecule has 0 spiro atoms. The van der Waals surface area contributed by atoms with Crippen molar-refractivity contribution in [3.63, 3.8) is 0 Å². The van der Waals surface area contributed by atoms with Crippen LogP contribution in [0.15, 0.2) is 152 Å². The number of hydrogen-bond donors (Lipinski definition) is 0. The van der Waals surface area contributed by atoms with Crippen LogP contribution < -0.4 is 35.4 Å². The van der Waals surface area contributed by atoms with Crippen LogP contribution in [0.3, 0.4) is 0 Å². The molecular weight excluding hydrogens is 555 g/mol. The standard InChI is InChI=1S/C38H35N5Si/c1-39-22-24-41(28-39)30-12-11-13-32(26-30)43-35-18-9-10-19-37(35)44(33-14-5-3-6-15-33,34-16-7-4-8-17-34)38-21-20-31(27-36(38)43)42-25-23-40(2)29-42/h3-27H,28-29H2,1-2H3. The molecule has 0 saturated carbocycles. The van der Waals surface area contributed by atoms with Crippen LogP contribution in [0.2, 0.25) is 0 Å². The highest BCUT2D eigenvalue weighted by Gasteiger charge is 2.49. The largest absolute Gasteiger partial charge is 0.361 e. The highest BCUT2D eigenvalue weighted by atomic mass is 28.3. The number of anilines is 5. The van der Waals surface area contributed by atoms with Crippen molar-refractivity contribution < 1.29 is 0 Å². The van der Waals surface area contributed by atoms with Crippen LogP contribution >= 0.6 is 0 Å². The van der Waals surface area contributed by atoms with E-state index in [2.05, 4.69) is 191 Å². The fourth-order valence-electron chi connectivity index (χ4n) is 7.11. The van der Waals surface area contributed by atoms with Gasteiger partial charge in [-0.3, -0.25) is 0 Å². The summed E-state index contributed by atoms with van der Waals surface area (Å²) in [5.41, 5.74) is 6.03. The average molecular weight is 590 g/mol. The summed E-state index contributed by atoms with van der Waals surface area (Å²) in [6.45, 7) is 1.67. The van der Waals surface area contributed by atoms with Crippen molar-refractivity contribution in [3.05, 3.63) is 152 Å².